The van der Waals surface area contributed by atoms with E-state index in [9.17, 15) is 18.0 Å². The Bertz CT molecular complexity index is 530. The number of hydrogen-bond donors (Lipinski definition) is 1. The lowest BCUT2D eigenvalue weighted by Crippen LogP contribution is -2.50. The van der Waals surface area contributed by atoms with E-state index in [4.69, 9.17) is 5.73 Å². The average molecular weight is 317 g/mol. The first-order valence-electron chi connectivity index (χ1n) is 6.80. The van der Waals surface area contributed by atoms with Crippen LogP contribution in [0.25, 0.3) is 0 Å². The van der Waals surface area contributed by atoms with E-state index in [1.807, 2.05) is 13.8 Å². The van der Waals surface area contributed by atoms with Crippen molar-refractivity contribution in [2.75, 3.05) is 20.1 Å². The number of likely N-dealkylation sites (N-methyl/N-ethyl adjacent to an activating group) is 1. The maximum Gasteiger partial charge on any atom is 0.240 e. The van der Waals surface area contributed by atoms with Crippen LogP contribution < -0.4 is 5.73 Å². The second-order valence-corrected chi connectivity index (χ2v) is 7.48. The number of amides is 2. The summed E-state index contributed by atoms with van der Waals surface area (Å²) in [6.07, 6.45) is 0.430. The van der Waals surface area contributed by atoms with Gasteiger partial charge in [-0.05, 0) is 12.3 Å². The van der Waals surface area contributed by atoms with Gasteiger partial charge in [0.15, 0.2) is 0 Å². The average Bonchev–Trinajstić information content (AvgIpc) is 2.87. The van der Waals surface area contributed by atoms with Gasteiger partial charge in [0.25, 0.3) is 0 Å². The lowest BCUT2D eigenvalue weighted by atomic mass is 9.99. The van der Waals surface area contributed by atoms with E-state index in [1.54, 1.807) is 0 Å². The van der Waals surface area contributed by atoms with Crippen LogP contribution in [0.5, 0.6) is 0 Å². The van der Waals surface area contributed by atoms with Crippen molar-refractivity contribution in [1.82, 2.24) is 9.21 Å². The maximum atomic E-state index is 12.4. The van der Waals surface area contributed by atoms with Gasteiger partial charge in [0.1, 0.15) is 6.04 Å². The largest absolute Gasteiger partial charge is 0.368 e. The van der Waals surface area contributed by atoms with Crippen LogP contribution in [0.15, 0.2) is 12.0 Å². The van der Waals surface area contributed by atoms with Crippen molar-refractivity contribution in [1.29, 1.82) is 0 Å². The zero-order valence-corrected chi connectivity index (χ0v) is 13.5. The zero-order valence-electron chi connectivity index (χ0n) is 12.7. The van der Waals surface area contributed by atoms with Crippen molar-refractivity contribution in [2.45, 2.75) is 26.3 Å². The summed E-state index contributed by atoms with van der Waals surface area (Å²) in [6.45, 7) is 7.28. The van der Waals surface area contributed by atoms with E-state index < -0.39 is 27.9 Å². The molecule has 0 spiro atoms. The minimum atomic E-state index is -3.51. The van der Waals surface area contributed by atoms with Crippen molar-refractivity contribution in [2.24, 2.45) is 17.6 Å². The fourth-order valence-corrected chi connectivity index (χ4v) is 3.62. The van der Waals surface area contributed by atoms with Gasteiger partial charge >= 0.3 is 0 Å². The van der Waals surface area contributed by atoms with E-state index in [0.717, 1.165) is 5.41 Å². The molecule has 1 fully saturated rings. The smallest absolute Gasteiger partial charge is 0.240 e. The standard InChI is InChI=1S/C13H23N3O4S/c1-5-21(19,20)16-7-6-10(8-16)13(18)15(4)11(9(2)3)12(14)17/h5,9-11H,1,6-8H2,2-4H3,(H2,14,17)/t10-,11-/m0/s1. The van der Waals surface area contributed by atoms with E-state index in [0.29, 0.717) is 6.42 Å². The Balaban J connectivity index is 2.82. The van der Waals surface area contributed by atoms with Gasteiger partial charge in [-0.25, -0.2) is 8.42 Å². The normalized spacial score (nSPS) is 21.2. The van der Waals surface area contributed by atoms with Gasteiger partial charge in [-0.15, -0.1) is 0 Å². The molecule has 2 N–H and O–H groups in total. The Morgan fingerprint density at radius 1 is 1.43 bits per heavy atom. The SMILES string of the molecule is C=CS(=O)(=O)N1CC[C@H](C(=O)N(C)[C@H](C(N)=O)C(C)C)C1. The van der Waals surface area contributed by atoms with Gasteiger partial charge in [0, 0.05) is 25.5 Å². The van der Waals surface area contributed by atoms with Crippen LogP contribution in [0.2, 0.25) is 0 Å². The molecule has 0 aromatic heterocycles. The summed E-state index contributed by atoms with van der Waals surface area (Å²) < 4.78 is 24.6. The third-order valence-electron chi connectivity index (χ3n) is 3.76. The second-order valence-electron chi connectivity index (χ2n) is 5.60. The van der Waals surface area contributed by atoms with Crippen LogP contribution in [0.1, 0.15) is 20.3 Å². The van der Waals surface area contributed by atoms with Crippen LogP contribution in [-0.2, 0) is 19.6 Å². The van der Waals surface area contributed by atoms with Crippen molar-refractivity contribution in [3.05, 3.63) is 12.0 Å². The summed E-state index contributed by atoms with van der Waals surface area (Å²) in [7, 11) is -1.98. The third kappa shape index (κ3) is 3.82. The molecular weight excluding hydrogens is 294 g/mol. The van der Waals surface area contributed by atoms with Crippen molar-refractivity contribution in [3.8, 4) is 0 Å². The van der Waals surface area contributed by atoms with Crippen molar-refractivity contribution < 1.29 is 18.0 Å². The van der Waals surface area contributed by atoms with Crippen molar-refractivity contribution in [3.63, 3.8) is 0 Å². The molecule has 0 aromatic rings. The fourth-order valence-electron chi connectivity index (χ4n) is 2.66. The number of hydrogen-bond acceptors (Lipinski definition) is 4. The first-order valence-corrected chi connectivity index (χ1v) is 8.30. The van der Waals surface area contributed by atoms with E-state index in [1.165, 1.54) is 16.3 Å². The minimum absolute atomic E-state index is 0.106. The number of carbonyl (C=O) groups is 2. The molecule has 21 heavy (non-hydrogen) atoms. The molecule has 7 nitrogen and oxygen atoms in total. The van der Waals surface area contributed by atoms with E-state index in [-0.39, 0.29) is 24.9 Å². The highest BCUT2D eigenvalue weighted by Crippen LogP contribution is 2.23. The van der Waals surface area contributed by atoms with E-state index in [2.05, 4.69) is 6.58 Å². The Labute approximate surface area is 125 Å². The Hall–Kier alpha value is -1.41. The summed E-state index contributed by atoms with van der Waals surface area (Å²) >= 11 is 0. The topological polar surface area (TPSA) is 101 Å². The molecule has 0 unspecified atom stereocenters. The number of primary amides is 1. The molecule has 0 saturated carbocycles. The highest BCUT2D eigenvalue weighted by Gasteiger charge is 2.38. The van der Waals surface area contributed by atoms with Gasteiger partial charge in [-0.2, -0.15) is 4.31 Å². The molecule has 1 aliphatic rings. The number of nitrogens with zero attached hydrogens (tertiary/aromatic N) is 2. The molecule has 0 radical (unpaired) electrons. The number of carbonyl (C=O) groups excluding carboxylic acids is 2. The summed E-state index contributed by atoms with van der Waals surface area (Å²) in [6, 6.07) is -0.692. The summed E-state index contributed by atoms with van der Waals surface area (Å²) in [5, 5.41) is 0.879. The third-order valence-corrected chi connectivity index (χ3v) is 5.23. The molecule has 2 atom stereocenters. The molecule has 1 heterocycles. The van der Waals surface area contributed by atoms with Gasteiger partial charge < -0.3 is 10.6 Å². The second kappa shape index (κ2) is 6.57. The zero-order chi connectivity index (χ0) is 16.4. The number of sulfonamides is 1. The molecule has 120 valence electrons. The van der Waals surface area contributed by atoms with E-state index >= 15 is 0 Å². The molecule has 1 saturated heterocycles. The Morgan fingerprint density at radius 3 is 2.43 bits per heavy atom. The molecule has 1 aliphatic heterocycles. The van der Waals surface area contributed by atoms with Gasteiger partial charge in [0.05, 0.1) is 5.92 Å². The van der Waals surface area contributed by atoms with Gasteiger partial charge in [-0.3, -0.25) is 9.59 Å². The Kier molecular flexibility index (Phi) is 5.52. The summed E-state index contributed by atoms with van der Waals surface area (Å²) in [5.41, 5.74) is 5.34. The lowest BCUT2D eigenvalue weighted by molar-refractivity contribution is -0.142. The van der Waals surface area contributed by atoms with Crippen molar-refractivity contribution >= 4 is 21.8 Å². The Morgan fingerprint density at radius 2 is 2.00 bits per heavy atom. The quantitative estimate of drug-likeness (QED) is 0.730. The molecule has 1 rings (SSSR count). The minimum Gasteiger partial charge on any atom is -0.368 e. The molecule has 0 bridgehead atoms. The molecular formula is C13H23N3O4S. The molecule has 0 aromatic carbocycles. The first kappa shape index (κ1) is 17.6. The lowest BCUT2D eigenvalue weighted by Gasteiger charge is -2.30. The number of nitrogens with two attached hydrogens (primary N) is 1. The first-order chi connectivity index (χ1) is 9.61. The highest BCUT2D eigenvalue weighted by atomic mass is 32.2. The number of rotatable bonds is 6. The predicted molar refractivity (Wildman–Crippen MR) is 79.4 cm³/mol. The maximum absolute atomic E-state index is 12.4. The van der Waals surface area contributed by atoms with Crippen LogP contribution in [-0.4, -0.2) is 55.6 Å². The van der Waals surface area contributed by atoms with Crippen LogP contribution in [0.4, 0.5) is 0 Å². The monoisotopic (exact) mass is 317 g/mol. The predicted octanol–water partition coefficient (Wildman–Crippen LogP) is -0.250. The summed E-state index contributed by atoms with van der Waals surface area (Å²) in [5.74, 6) is -1.38. The van der Waals surface area contributed by atoms with Crippen LogP contribution in [0.3, 0.4) is 0 Å². The van der Waals surface area contributed by atoms with Gasteiger partial charge in [-0.1, -0.05) is 20.4 Å². The summed E-state index contributed by atoms with van der Waals surface area (Å²) in [4.78, 5) is 25.2. The molecule has 8 heteroatoms. The van der Waals surface area contributed by atoms with Crippen LogP contribution >= 0.6 is 0 Å². The highest BCUT2D eigenvalue weighted by molar-refractivity contribution is 7.92. The molecule has 2 amide bonds. The fraction of sp³-hybridized carbons (Fsp3) is 0.692. The van der Waals surface area contributed by atoms with Crippen LogP contribution in [0, 0.1) is 11.8 Å². The molecule has 0 aliphatic carbocycles. The van der Waals surface area contributed by atoms with Gasteiger partial charge in [0.2, 0.25) is 21.8 Å².